The van der Waals surface area contributed by atoms with E-state index in [0.717, 1.165) is 0 Å². The minimum Gasteiger partial charge on any atom is -0.397 e. The lowest BCUT2D eigenvalue weighted by Crippen LogP contribution is -2.07. The van der Waals surface area contributed by atoms with Crippen LogP contribution in [0.25, 0.3) is 0 Å². The van der Waals surface area contributed by atoms with Crippen LogP contribution in [0.4, 0.5) is 11.4 Å². The molecule has 0 aliphatic rings. The van der Waals surface area contributed by atoms with Gasteiger partial charge in [0, 0.05) is 11.8 Å². The quantitative estimate of drug-likeness (QED) is 0.649. The highest BCUT2D eigenvalue weighted by Crippen LogP contribution is 2.21. The molecule has 3 nitrogen and oxygen atoms in total. The number of anilines is 2. The van der Waals surface area contributed by atoms with E-state index in [1.54, 1.807) is 18.2 Å². The van der Waals surface area contributed by atoms with Crippen molar-refractivity contribution in [3.05, 3.63) is 18.2 Å². The number of rotatable bonds is 1. The summed E-state index contributed by atoms with van der Waals surface area (Å²) < 4.78 is 0. The fourth-order valence-electron chi connectivity index (χ4n) is 0.833. The van der Waals surface area contributed by atoms with Crippen molar-refractivity contribution in [3.63, 3.8) is 0 Å². The number of nitrogens with one attached hydrogen (secondary N) is 1. The molecule has 12 heavy (non-hydrogen) atoms. The summed E-state index contributed by atoms with van der Waals surface area (Å²) >= 11 is 4.91. The summed E-state index contributed by atoms with van der Waals surface area (Å²) in [4.78, 5) is 11.3. The summed E-state index contributed by atoms with van der Waals surface area (Å²) in [7, 11) is 0. The van der Waals surface area contributed by atoms with Crippen molar-refractivity contribution in [1.29, 1.82) is 0 Å². The molecule has 0 aromatic heterocycles. The predicted molar refractivity (Wildman–Crippen MR) is 51.0 cm³/mol. The Labute approximate surface area is 76.4 Å². The van der Waals surface area contributed by atoms with E-state index in [0.29, 0.717) is 16.3 Å². The fourth-order valence-corrected chi connectivity index (χ4v) is 1.02. The molecule has 0 bridgehead atoms. The standard InChI is InChI=1S/C8H9N2OS/c1-5(11)10-8-4-6(12)2-3-7(8)9/h2-4H,9H2,1H3,(H,10,11). The van der Waals surface area contributed by atoms with E-state index in [2.05, 4.69) is 5.32 Å². The molecule has 4 heteroatoms. The highest BCUT2D eigenvalue weighted by atomic mass is 32.1. The molecule has 1 aromatic carbocycles. The summed E-state index contributed by atoms with van der Waals surface area (Å²) in [6.07, 6.45) is 0. The van der Waals surface area contributed by atoms with E-state index >= 15 is 0 Å². The smallest absolute Gasteiger partial charge is 0.221 e. The molecular formula is C8H9N2OS. The van der Waals surface area contributed by atoms with E-state index in [1.165, 1.54) is 6.92 Å². The van der Waals surface area contributed by atoms with Crippen molar-refractivity contribution in [3.8, 4) is 0 Å². The Bertz CT molecular complexity index is 312. The molecule has 0 heterocycles. The predicted octanol–water partition coefficient (Wildman–Crippen LogP) is 1.78. The van der Waals surface area contributed by atoms with Crippen LogP contribution in [0.5, 0.6) is 0 Å². The molecule has 0 atom stereocenters. The van der Waals surface area contributed by atoms with Crippen LogP contribution in [0, 0.1) is 0 Å². The van der Waals surface area contributed by atoms with Gasteiger partial charge < -0.3 is 11.1 Å². The largest absolute Gasteiger partial charge is 0.397 e. The number of hydrogen-bond donors (Lipinski definition) is 2. The number of carbonyl (C=O) groups is 1. The number of hydrogen-bond acceptors (Lipinski definition) is 2. The Morgan fingerprint density at radius 1 is 1.58 bits per heavy atom. The highest BCUT2D eigenvalue weighted by Gasteiger charge is 2.00. The Balaban J connectivity index is 2.97. The Morgan fingerprint density at radius 2 is 2.25 bits per heavy atom. The van der Waals surface area contributed by atoms with Gasteiger partial charge in [-0.2, -0.15) is 0 Å². The molecule has 1 aromatic rings. The number of nitrogen functional groups attached to an aromatic ring is 1. The van der Waals surface area contributed by atoms with E-state index in [9.17, 15) is 4.79 Å². The van der Waals surface area contributed by atoms with Gasteiger partial charge in [0.15, 0.2) is 0 Å². The van der Waals surface area contributed by atoms with Crippen LogP contribution < -0.4 is 11.1 Å². The normalized spacial score (nSPS) is 9.42. The van der Waals surface area contributed by atoms with Gasteiger partial charge in [-0.25, -0.2) is 0 Å². The zero-order valence-electron chi connectivity index (χ0n) is 6.63. The van der Waals surface area contributed by atoms with Crippen LogP contribution in [0.1, 0.15) is 6.92 Å². The van der Waals surface area contributed by atoms with Crippen LogP contribution in [0.15, 0.2) is 23.1 Å². The van der Waals surface area contributed by atoms with Gasteiger partial charge in [0.2, 0.25) is 5.91 Å². The second-order valence-corrected chi connectivity index (χ2v) is 2.90. The van der Waals surface area contributed by atoms with Crippen molar-refractivity contribution in [2.45, 2.75) is 11.8 Å². The van der Waals surface area contributed by atoms with Gasteiger partial charge in [0.25, 0.3) is 0 Å². The van der Waals surface area contributed by atoms with Gasteiger partial charge in [0.1, 0.15) is 0 Å². The van der Waals surface area contributed by atoms with E-state index < -0.39 is 0 Å². The van der Waals surface area contributed by atoms with Gasteiger partial charge in [-0.15, -0.1) is 0 Å². The van der Waals surface area contributed by atoms with E-state index in [1.807, 2.05) is 0 Å². The molecule has 0 fully saturated rings. The maximum absolute atomic E-state index is 10.7. The second kappa shape index (κ2) is 3.40. The summed E-state index contributed by atoms with van der Waals surface area (Å²) in [6, 6.07) is 5.05. The van der Waals surface area contributed by atoms with Crippen LogP contribution in [-0.4, -0.2) is 5.91 Å². The van der Waals surface area contributed by atoms with Gasteiger partial charge in [0.05, 0.1) is 11.4 Å². The molecular weight excluding hydrogens is 172 g/mol. The lowest BCUT2D eigenvalue weighted by molar-refractivity contribution is -0.114. The minimum absolute atomic E-state index is 0.151. The van der Waals surface area contributed by atoms with Crippen molar-refractivity contribution in [2.24, 2.45) is 0 Å². The molecule has 0 aliphatic carbocycles. The third-order valence-electron chi connectivity index (χ3n) is 1.34. The Kier molecular flexibility index (Phi) is 2.50. The summed E-state index contributed by atoms with van der Waals surface area (Å²) in [5.41, 5.74) is 6.68. The van der Waals surface area contributed by atoms with Crippen LogP contribution in [0.2, 0.25) is 0 Å². The van der Waals surface area contributed by atoms with Crippen LogP contribution >= 0.6 is 12.6 Å². The van der Waals surface area contributed by atoms with Crippen LogP contribution in [0.3, 0.4) is 0 Å². The number of amides is 1. The molecule has 1 radical (unpaired) electrons. The van der Waals surface area contributed by atoms with E-state index in [-0.39, 0.29) is 5.91 Å². The zero-order chi connectivity index (χ0) is 9.14. The van der Waals surface area contributed by atoms with Gasteiger partial charge in [-0.1, -0.05) is 12.6 Å². The molecule has 0 saturated carbocycles. The SMILES string of the molecule is CC(=O)Nc1cc([S])ccc1N. The Morgan fingerprint density at radius 3 is 2.83 bits per heavy atom. The summed E-state index contributed by atoms with van der Waals surface area (Å²) in [6.45, 7) is 1.43. The monoisotopic (exact) mass is 181 g/mol. The van der Waals surface area contributed by atoms with Crippen molar-refractivity contribution >= 4 is 29.9 Å². The summed E-state index contributed by atoms with van der Waals surface area (Å²) in [5, 5.41) is 2.58. The zero-order valence-corrected chi connectivity index (χ0v) is 7.44. The summed E-state index contributed by atoms with van der Waals surface area (Å²) in [5.74, 6) is -0.151. The topological polar surface area (TPSA) is 55.1 Å². The third kappa shape index (κ3) is 2.10. The number of nitrogens with two attached hydrogens (primary N) is 1. The molecule has 3 N–H and O–H groups in total. The first-order valence-electron chi connectivity index (χ1n) is 3.43. The fraction of sp³-hybridized carbons (Fsp3) is 0.125. The third-order valence-corrected chi connectivity index (χ3v) is 1.59. The highest BCUT2D eigenvalue weighted by molar-refractivity contribution is 7.80. The maximum Gasteiger partial charge on any atom is 0.221 e. The molecule has 63 valence electrons. The molecule has 1 rings (SSSR count). The second-order valence-electron chi connectivity index (χ2n) is 2.43. The lowest BCUT2D eigenvalue weighted by atomic mass is 10.2. The average Bonchev–Trinajstić information content (AvgIpc) is 1.96. The Hall–Kier alpha value is -1.29. The minimum atomic E-state index is -0.151. The average molecular weight is 181 g/mol. The van der Waals surface area contributed by atoms with Crippen molar-refractivity contribution in [1.82, 2.24) is 0 Å². The van der Waals surface area contributed by atoms with Crippen molar-refractivity contribution in [2.75, 3.05) is 11.1 Å². The molecule has 1 amide bonds. The van der Waals surface area contributed by atoms with Gasteiger partial charge in [-0.3, -0.25) is 4.79 Å². The first-order valence-corrected chi connectivity index (χ1v) is 3.84. The molecule has 0 spiro atoms. The van der Waals surface area contributed by atoms with Crippen molar-refractivity contribution < 1.29 is 4.79 Å². The maximum atomic E-state index is 10.7. The number of benzene rings is 1. The first-order chi connectivity index (χ1) is 5.59. The van der Waals surface area contributed by atoms with Gasteiger partial charge in [-0.05, 0) is 18.2 Å². The number of carbonyl (C=O) groups excluding carboxylic acids is 1. The molecule has 0 saturated heterocycles. The first kappa shape index (κ1) is 8.80. The van der Waals surface area contributed by atoms with Crippen LogP contribution in [-0.2, 0) is 4.79 Å². The lowest BCUT2D eigenvalue weighted by Gasteiger charge is -2.05. The van der Waals surface area contributed by atoms with E-state index in [4.69, 9.17) is 18.4 Å². The van der Waals surface area contributed by atoms with Gasteiger partial charge >= 0.3 is 0 Å². The molecule has 0 unspecified atom stereocenters. The molecule has 0 aliphatic heterocycles.